The molecule has 0 aliphatic carbocycles. The Kier molecular flexibility index (Phi) is 5.63. The lowest BCUT2D eigenvalue weighted by Gasteiger charge is -2.17. The molecule has 2 N–H and O–H groups in total. The third kappa shape index (κ3) is 3.86. The van der Waals surface area contributed by atoms with Crippen LogP contribution in [0.4, 0.5) is 4.79 Å². The molecule has 1 aromatic rings. The summed E-state index contributed by atoms with van der Waals surface area (Å²) in [7, 11) is 1.17. The molecule has 1 amide bonds. The van der Waals surface area contributed by atoms with Gasteiger partial charge in [0.2, 0.25) is 0 Å². The zero-order valence-electron chi connectivity index (χ0n) is 10.8. The second-order valence-corrected chi connectivity index (χ2v) is 4.36. The van der Waals surface area contributed by atoms with E-state index in [1.165, 1.54) is 7.11 Å². The minimum atomic E-state index is -1.23. The van der Waals surface area contributed by atoms with E-state index in [0.29, 0.717) is 10.6 Å². The highest BCUT2D eigenvalue weighted by Gasteiger charge is 2.25. The van der Waals surface area contributed by atoms with Crippen LogP contribution in [0.2, 0.25) is 5.02 Å². The number of hydrogen-bond acceptors (Lipinski definition) is 3. The molecule has 0 saturated carbocycles. The summed E-state index contributed by atoms with van der Waals surface area (Å²) in [6.45, 7) is 2.00. The van der Waals surface area contributed by atoms with Crippen molar-refractivity contribution in [2.75, 3.05) is 7.11 Å². The molecule has 0 unspecified atom stereocenters. The molecule has 0 bridgehead atoms. The molecule has 0 fully saturated rings. The quantitative estimate of drug-likeness (QED) is 0.872. The number of nitrogens with one attached hydrogen (secondary N) is 1. The summed E-state index contributed by atoms with van der Waals surface area (Å²) in [6.07, 6.45) is 0.826. The van der Waals surface area contributed by atoms with E-state index >= 15 is 0 Å². The molecule has 0 heterocycles. The van der Waals surface area contributed by atoms with Gasteiger partial charge in [-0.25, -0.2) is 9.59 Å². The molecule has 0 saturated heterocycles. The number of aryl methyl sites for hydroxylation is 1. The second-order valence-electron chi connectivity index (χ2n) is 3.98. The molecule has 0 aromatic heterocycles. The number of alkyl carbamates (subject to hydrolysis) is 1. The Labute approximate surface area is 116 Å². The maximum absolute atomic E-state index is 11.2. The predicted octanol–water partition coefficient (Wildman–Crippen LogP) is 2.77. The molecule has 1 aromatic carbocycles. The number of methoxy groups -OCH3 is 1. The van der Waals surface area contributed by atoms with Gasteiger partial charge >= 0.3 is 12.1 Å². The summed E-state index contributed by atoms with van der Waals surface area (Å²) in [5.41, 5.74) is 1.21. The van der Waals surface area contributed by atoms with Gasteiger partial charge in [-0.2, -0.15) is 0 Å². The van der Waals surface area contributed by atoms with Gasteiger partial charge in [-0.1, -0.05) is 43.1 Å². The van der Waals surface area contributed by atoms with Crippen molar-refractivity contribution in [3.63, 3.8) is 0 Å². The second kappa shape index (κ2) is 6.99. The van der Waals surface area contributed by atoms with Gasteiger partial charge in [-0.15, -0.1) is 0 Å². The van der Waals surface area contributed by atoms with Crippen molar-refractivity contribution < 1.29 is 19.4 Å². The lowest BCUT2D eigenvalue weighted by molar-refractivity contribution is -0.139. The first kappa shape index (κ1) is 15.3. The standard InChI is InChI=1S/C13H16ClNO4/c1-3-5-8-6-4-7-9(10(8)14)11(12(16)17)15-13(18)19-2/h4,6-7,11H,3,5H2,1-2H3,(H,15,18)(H,16,17)/t11-/m1/s1. The van der Waals surface area contributed by atoms with E-state index in [9.17, 15) is 14.7 Å². The molecule has 19 heavy (non-hydrogen) atoms. The fourth-order valence-corrected chi connectivity index (χ4v) is 2.06. The molecule has 5 nitrogen and oxygen atoms in total. The number of benzene rings is 1. The van der Waals surface area contributed by atoms with E-state index in [4.69, 9.17) is 11.6 Å². The highest BCUT2D eigenvalue weighted by Crippen LogP contribution is 2.27. The fourth-order valence-electron chi connectivity index (χ4n) is 1.73. The van der Waals surface area contributed by atoms with Crippen molar-refractivity contribution in [3.8, 4) is 0 Å². The fraction of sp³-hybridized carbons (Fsp3) is 0.385. The number of carbonyl (C=O) groups is 2. The van der Waals surface area contributed by atoms with Crippen LogP contribution in [-0.2, 0) is 16.0 Å². The van der Waals surface area contributed by atoms with Crippen LogP contribution in [0.15, 0.2) is 18.2 Å². The van der Waals surface area contributed by atoms with Crippen molar-refractivity contribution in [2.45, 2.75) is 25.8 Å². The molecular formula is C13H16ClNO4. The average Bonchev–Trinajstić information content (AvgIpc) is 2.38. The summed E-state index contributed by atoms with van der Waals surface area (Å²) >= 11 is 6.20. The molecule has 0 aliphatic rings. The number of aliphatic carboxylic acids is 1. The van der Waals surface area contributed by atoms with Crippen molar-refractivity contribution in [2.24, 2.45) is 0 Å². The van der Waals surface area contributed by atoms with Gasteiger partial charge < -0.3 is 15.2 Å². The van der Waals surface area contributed by atoms with Crippen LogP contribution in [0.25, 0.3) is 0 Å². The zero-order valence-corrected chi connectivity index (χ0v) is 11.5. The lowest BCUT2D eigenvalue weighted by Crippen LogP contribution is -2.33. The molecule has 104 valence electrons. The summed E-state index contributed by atoms with van der Waals surface area (Å²) in [6, 6.07) is 3.92. The van der Waals surface area contributed by atoms with Crippen molar-refractivity contribution in [1.29, 1.82) is 0 Å². The Bertz CT molecular complexity index is 476. The normalized spacial score (nSPS) is 11.7. The lowest BCUT2D eigenvalue weighted by atomic mass is 10.0. The molecular weight excluding hydrogens is 270 g/mol. The predicted molar refractivity (Wildman–Crippen MR) is 71.4 cm³/mol. The average molecular weight is 286 g/mol. The van der Waals surface area contributed by atoms with Gasteiger partial charge in [0, 0.05) is 10.6 Å². The molecule has 0 radical (unpaired) electrons. The van der Waals surface area contributed by atoms with E-state index in [-0.39, 0.29) is 0 Å². The first-order valence-corrected chi connectivity index (χ1v) is 6.23. The highest BCUT2D eigenvalue weighted by molar-refractivity contribution is 6.32. The van der Waals surface area contributed by atoms with E-state index in [2.05, 4.69) is 10.1 Å². The van der Waals surface area contributed by atoms with Gasteiger partial charge in [0.1, 0.15) is 0 Å². The Morgan fingerprint density at radius 1 is 1.47 bits per heavy atom. The number of ether oxygens (including phenoxy) is 1. The number of halogens is 1. The van der Waals surface area contributed by atoms with E-state index < -0.39 is 18.1 Å². The third-order valence-corrected chi connectivity index (χ3v) is 3.09. The number of carboxylic acids is 1. The van der Waals surface area contributed by atoms with Crippen LogP contribution < -0.4 is 5.32 Å². The van der Waals surface area contributed by atoms with Gasteiger partial charge in [0.15, 0.2) is 6.04 Å². The summed E-state index contributed by atoms with van der Waals surface area (Å²) in [5.74, 6) is -1.19. The van der Waals surface area contributed by atoms with Crippen molar-refractivity contribution in [1.82, 2.24) is 5.32 Å². The van der Waals surface area contributed by atoms with Crippen LogP contribution in [0, 0.1) is 0 Å². The van der Waals surface area contributed by atoms with Gasteiger partial charge in [-0.05, 0) is 12.0 Å². The first-order valence-electron chi connectivity index (χ1n) is 5.85. The number of rotatable bonds is 5. The Morgan fingerprint density at radius 2 is 2.16 bits per heavy atom. The molecule has 1 atom stereocenters. The molecule has 1 rings (SSSR count). The minimum absolute atomic E-state index is 0.352. The summed E-state index contributed by atoms with van der Waals surface area (Å²) in [5, 5.41) is 11.8. The number of carboxylic acid groups (broad SMARTS) is 1. The molecule has 6 heteroatoms. The molecule has 0 aliphatic heterocycles. The zero-order chi connectivity index (χ0) is 14.4. The molecule has 0 spiro atoms. The van der Waals surface area contributed by atoms with Gasteiger partial charge in [0.05, 0.1) is 7.11 Å². The highest BCUT2D eigenvalue weighted by atomic mass is 35.5. The number of amides is 1. The third-order valence-electron chi connectivity index (χ3n) is 2.63. The van der Waals surface area contributed by atoms with Crippen molar-refractivity contribution in [3.05, 3.63) is 34.3 Å². The van der Waals surface area contributed by atoms with Crippen LogP contribution >= 0.6 is 11.6 Å². The Balaban J connectivity index is 3.12. The monoisotopic (exact) mass is 285 g/mol. The van der Waals surface area contributed by atoms with Crippen molar-refractivity contribution >= 4 is 23.7 Å². The van der Waals surface area contributed by atoms with E-state index in [1.54, 1.807) is 12.1 Å². The van der Waals surface area contributed by atoms with Gasteiger partial charge in [-0.3, -0.25) is 0 Å². The van der Waals surface area contributed by atoms with Gasteiger partial charge in [0.25, 0.3) is 0 Å². The Hall–Kier alpha value is -1.75. The Morgan fingerprint density at radius 3 is 2.68 bits per heavy atom. The van der Waals surface area contributed by atoms with Crippen LogP contribution in [0.3, 0.4) is 0 Å². The number of carbonyl (C=O) groups excluding carboxylic acids is 1. The van der Waals surface area contributed by atoms with E-state index in [0.717, 1.165) is 18.4 Å². The first-order chi connectivity index (χ1) is 9.01. The van der Waals surface area contributed by atoms with Crippen LogP contribution in [-0.4, -0.2) is 24.3 Å². The van der Waals surface area contributed by atoms with E-state index in [1.807, 2.05) is 13.0 Å². The maximum atomic E-state index is 11.2. The summed E-state index contributed by atoms with van der Waals surface area (Å²) < 4.78 is 4.41. The van der Waals surface area contributed by atoms with Crippen LogP contribution in [0.5, 0.6) is 0 Å². The maximum Gasteiger partial charge on any atom is 0.407 e. The largest absolute Gasteiger partial charge is 0.479 e. The SMILES string of the molecule is CCCc1cccc([C@@H](NC(=O)OC)C(=O)O)c1Cl. The topological polar surface area (TPSA) is 75.6 Å². The summed E-state index contributed by atoms with van der Waals surface area (Å²) in [4.78, 5) is 22.4. The number of hydrogen-bond donors (Lipinski definition) is 2. The smallest absolute Gasteiger partial charge is 0.407 e. The minimum Gasteiger partial charge on any atom is -0.479 e. The van der Waals surface area contributed by atoms with Crippen LogP contribution in [0.1, 0.15) is 30.5 Å².